The lowest BCUT2D eigenvalue weighted by atomic mass is 10.00. The molecule has 0 bridgehead atoms. The summed E-state index contributed by atoms with van der Waals surface area (Å²) in [6.45, 7) is 6.04. The Bertz CT molecular complexity index is 1380. The van der Waals surface area contributed by atoms with Gasteiger partial charge in [0, 0.05) is 30.9 Å². The van der Waals surface area contributed by atoms with Gasteiger partial charge in [-0.1, -0.05) is 60.2 Å². The third-order valence-electron chi connectivity index (χ3n) is 7.34. The predicted molar refractivity (Wildman–Crippen MR) is 166 cm³/mol. The van der Waals surface area contributed by atoms with Crippen molar-refractivity contribution in [2.24, 2.45) is 0 Å². The van der Waals surface area contributed by atoms with Crippen molar-refractivity contribution in [3.63, 3.8) is 0 Å². The summed E-state index contributed by atoms with van der Waals surface area (Å²) in [5.74, 6) is -0.262. The summed E-state index contributed by atoms with van der Waals surface area (Å²) in [6.07, 6.45) is 1.86. The number of hydrogen-bond donors (Lipinski definition) is 4. The smallest absolute Gasteiger partial charge is 0.251 e. The lowest BCUT2D eigenvalue weighted by Gasteiger charge is -2.29. The topological polar surface area (TPSA) is 111 Å². The van der Waals surface area contributed by atoms with Crippen LogP contribution < -0.4 is 20.3 Å². The maximum Gasteiger partial charge on any atom is 0.251 e. The Morgan fingerprint density at radius 2 is 1.76 bits per heavy atom. The van der Waals surface area contributed by atoms with Crippen LogP contribution in [0.5, 0.6) is 0 Å². The van der Waals surface area contributed by atoms with Gasteiger partial charge in [-0.05, 0) is 75.4 Å². The normalized spacial score (nSPS) is 16.1. The maximum absolute atomic E-state index is 13.6. The number of aliphatic hydroxyl groups excluding tert-OH is 1. The first kappa shape index (κ1) is 30.6. The summed E-state index contributed by atoms with van der Waals surface area (Å²) in [5.41, 5.74) is 4.94. The van der Waals surface area contributed by atoms with Crippen LogP contribution in [-0.2, 0) is 22.9 Å². The molecule has 1 fully saturated rings. The molecule has 0 spiro atoms. The van der Waals surface area contributed by atoms with E-state index in [1.807, 2.05) is 37.3 Å². The summed E-state index contributed by atoms with van der Waals surface area (Å²) in [4.78, 5) is 13.6. The number of nitrogens with zero attached hydrogens (tertiary/aromatic N) is 1. The zero-order valence-electron chi connectivity index (χ0n) is 24.0. The van der Waals surface area contributed by atoms with Gasteiger partial charge in [0.25, 0.3) is 5.91 Å². The Kier molecular flexibility index (Phi) is 10.8. The van der Waals surface area contributed by atoms with Crippen molar-refractivity contribution in [2.75, 3.05) is 41.6 Å². The van der Waals surface area contributed by atoms with Crippen LogP contribution >= 0.6 is 0 Å². The fourth-order valence-electron chi connectivity index (χ4n) is 5.05. The molecule has 1 amide bonds. The molecule has 220 valence electrons. The molecule has 0 radical (unpaired) electrons. The maximum atomic E-state index is 13.6. The summed E-state index contributed by atoms with van der Waals surface area (Å²) in [5, 5.41) is 20.8. The average Bonchev–Trinajstić information content (AvgIpc) is 2.96. The third-order valence-corrected chi connectivity index (χ3v) is 9.21. The van der Waals surface area contributed by atoms with Crippen molar-refractivity contribution < 1.29 is 18.3 Å². The van der Waals surface area contributed by atoms with Crippen LogP contribution in [0.1, 0.15) is 46.8 Å². The Balaban J connectivity index is 1.49. The standard InChI is InChI=1S/C32H42N4O4S/c1-3-34-28-20-27(21-29(22-28)36-17-7-8-18-41(36,39)40)32(38)35-30(19-26-9-5-4-6-10-26)31(37)23-33-16-15-25-13-11-24(2)12-14-25/h4-6,9-14,20-22,30-31,33-34,37H,3,7-8,15-19,23H2,1-2H3,(H,35,38)/t30-,31+/m0/s1. The van der Waals surface area contributed by atoms with Crippen LogP contribution in [0.4, 0.5) is 11.4 Å². The number of carbonyl (C=O) groups excluding carboxylic acids is 1. The Morgan fingerprint density at radius 3 is 2.46 bits per heavy atom. The number of aliphatic hydroxyl groups is 1. The molecule has 0 unspecified atom stereocenters. The minimum Gasteiger partial charge on any atom is -0.390 e. The van der Waals surface area contributed by atoms with Gasteiger partial charge in [0.15, 0.2) is 0 Å². The number of anilines is 2. The Morgan fingerprint density at radius 1 is 1.00 bits per heavy atom. The first-order valence-electron chi connectivity index (χ1n) is 14.4. The largest absolute Gasteiger partial charge is 0.390 e. The molecule has 4 N–H and O–H groups in total. The molecule has 9 heteroatoms. The molecule has 3 aromatic rings. The van der Waals surface area contributed by atoms with Crippen LogP contribution in [0.25, 0.3) is 0 Å². The van der Waals surface area contributed by atoms with Crippen molar-refractivity contribution in [1.82, 2.24) is 10.6 Å². The Hall–Kier alpha value is -3.40. The molecular weight excluding hydrogens is 536 g/mol. The Labute approximate surface area is 244 Å². The summed E-state index contributed by atoms with van der Waals surface area (Å²) in [6, 6.07) is 22.7. The highest BCUT2D eigenvalue weighted by molar-refractivity contribution is 7.92. The second-order valence-electron chi connectivity index (χ2n) is 10.7. The lowest BCUT2D eigenvalue weighted by Crippen LogP contribution is -2.49. The molecule has 1 aliphatic rings. The molecule has 0 aliphatic carbocycles. The quantitative estimate of drug-likeness (QED) is 0.229. The van der Waals surface area contributed by atoms with Crippen LogP contribution in [0.2, 0.25) is 0 Å². The number of amides is 1. The number of benzene rings is 3. The summed E-state index contributed by atoms with van der Waals surface area (Å²) >= 11 is 0. The van der Waals surface area contributed by atoms with E-state index in [1.54, 1.807) is 18.2 Å². The van der Waals surface area contributed by atoms with Crippen molar-refractivity contribution >= 4 is 27.3 Å². The van der Waals surface area contributed by atoms with Crippen molar-refractivity contribution in [3.05, 3.63) is 95.1 Å². The molecule has 0 saturated carbocycles. The SMILES string of the molecule is CCNc1cc(C(=O)N[C@@H](Cc2ccccc2)[C@H](O)CNCCc2ccc(C)cc2)cc(N2CCCCS2(=O)=O)c1. The minimum absolute atomic E-state index is 0.0994. The molecule has 1 heterocycles. The van der Waals surface area contributed by atoms with E-state index in [9.17, 15) is 18.3 Å². The molecule has 1 saturated heterocycles. The first-order chi connectivity index (χ1) is 19.7. The van der Waals surface area contributed by atoms with E-state index in [0.717, 1.165) is 18.4 Å². The number of sulfonamides is 1. The van der Waals surface area contributed by atoms with Crippen LogP contribution in [0, 0.1) is 6.92 Å². The number of hydrogen-bond acceptors (Lipinski definition) is 6. The summed E-state index contributed by atoms with van der Waals surface area (Å²) < 4.78 is 27.0. The zero-order valence-corrected chi connectivity index (χ0v) is 24.8. The van der Waals surface area contributed by atoms with Gasteiger partial charge >= 0.3 is 0 Å². The first-order valence-corrected chi connectivity index (χ1v) is 16.0. The minimum atomic E-state index is -3.44. The molecule has 41 heavy (non-hydrogen) atoms. The fourth-order valence-corrected chi connectivity index (χ4v) is 6.68. The zero-order chi connectivity index (χ0) is 29.2. The molecule has 1 aliphatic heterocycles. The van der Waals surface area contributed by atoms with Crippen LogP contribution in [0.3, 0.4) is 0 Å². The van der Waals surface area contributed by atoms with Gasteiger partial charge in [-0.15, -0.1) is 0 Å². The van der Waals surface area contributed by atoms with Gasteiger partial charge in [0.1, 0.15) is 0 Å². The van der Waals surface area contributed by atoms with Crippen molar-refractivity contribution in [1.29, 1.82) is 0 Å². The van der Waals surface area contributed by atoms with E-state index in [0.29, 0.717) is 56.0 Å². The third kappa shape index (κ3) is 8.79. The van der Waals surface area contributed by atoms with Crippen molar-refractivity contribution in [3.8, 4) is 0 Å². The van der Waals surface area contributed by atoms with E-state index < -0.39 is 22.2 Å². The molecule has 4 rings (SSSR count). The van der Waals surface area contributed by atoms with E-state index in [4.69, 9.17) is 0 Å². The molecular formula is C32H42N4O4S. The second kappa shape index (κ2) is 14.5. The van der Waals surface area contributed by atoms with Gasteiger partial charge in [-0.2, -0.15) is 0 Å². The van der Waals surface area contributed by atoms with Crippen LogP contribution in [0.15, 0.2) is 72.8 Å². The molecule has 3 aromatic carbocycles. The highest BCUT2D eigenvalue weighted by atomic mass is 32.2. The number of carbonyl (C=O) groups is 1. The fraction of sp³-hybridized carbons (Fsp3) is 0.406. The predicted octanol–water partition coefficient (Wildman–Crippen LogP) is 3.89. The van der Waals surface area contributed by atoms with Gasteiger partial charge < -0.3 is 21.1 Å². The van der Waals surface area contributed by atoms with Crippen molar-refractivity contribution in [2.45, 2.75) is 51.7 Å². The van der Waals surface area contributed by atoms with Crippen LogP contribution in [-0.4, -0.2) is 63.5 Å². The molecule has 2 atom stereocenters. The second-order valence-corrected chi connectivity index (χ2v) is 12.7. The highest BCUT2D eigenvalue weighted by Gasteiger charge is 2.28. The number of rotatable bonds is 13. The lowest BCUT2D eigenvalue weighted by molar-refractivity contribution is 0.0831. The number of nitrogens with one attached hydrogen (secondary N) is 3. The van der Waals surface area contributed by atoms with Gasteiger partial charge in [0.2, 0.25) is 10.0 Å². The molecule has 0 aromatic heterocycles. The highest BCUT2D eigenvalue weighted by Crippen LogP contribution is 2.28. The van der Waals surface area contributed by atoms with E-state index in [-0.39, 0.29) is 11.7 Å². The van der Waals surface area contributed by atoms with E-state index in [2.05, 4.69) is 47.1 Å². The van der Waals surface area contributed by atoms with Gasteiger partial charge in [-0.3, -0.25) is 9.10 Å². The molecule has 8 nitrogen and oxygen atoms in total. The average molecular weight is 579 g/mol. The summed E-state index contributed by atoms with van der Waals surface area (Å²) in [7, 11) is -3.44. The monoisotopic (exact) mass is 578 g/mol. The van der Waals surface area contributed by atoms with Gasteiger partial charge in [0.05, 0.1) is 23.6 Å². The number of aryl methyl sites for hydroxylation is 1. The van der Waals surface area contributed by atoms with E-state index >= 15 is 0 Å². The van der Waals surface area contributed by atoms with E-state index in [1.165, 1.54) is 15.4 Å². The van der Waals surface area contributed by atoms with Gasteiger partial charge in [-0.25, -0.2) is 8.42 Å².